The van der Waals surface area contributed by atoms with E-state index in [9.17, 15) is 0 Å². The number of likely N-dealkylation sites (N-methyl/N-ethyl adjacent to an activating group) is 1. The van der Waals surface area contributed by atoms with Crippen molar-refractivity contribution in [1.29, 1.82) is 0 Å². The zero-order valence-corrected chi connectivity index (χ0v) is 10.0. The summed E-state index contributed by atoms with van der Waals surface area (Å²) in [5, 5.41) is 0. The summed E-state index contributed by atoms with van der Waals surface area (Å²) in [6.45, 7) is 1.69. The molecule has 3 heteroatoms. The van der Waals surface area contributed by atoms with E-state index in [1.165, 1.54) is 11.1 Å². The van der Waals surface area contributed by atoms with E-state index in [4.69, 9.17) is 10.2 Å². The van der Waals surface area contributed by atoms with Gasteiger partial charge in [0.05, 0.1) is 12.5 Å². The fourth-order valence-electron chi connectivity index (χ4n) is 1.90. The van der Waals surface area contributed by atoms with Crippen LogP contribution in [0.1, 0.15) is 17.2 Å². The molecule has 1 heterocycles. The van der Waals surface area contributed by atoms with Crippen molar-refractivity contribution in [2.45, 2.75) is 12.6 Å². The highest BCUT2D eigenvalue weighted by molar-refractivity contribution is 5.18. The minimum atomic E-state index is 0.0492. The number of nitrogens with zero attached hydrogens (tertiary/aromatic N) is 1. The van der Waals surface area contributed by atoms with Crippen LogP contribution in [-0.4, -0.2) is 18.5 Å². The predicted molar refractivity (Wildman–Crippen MR) is 68.4 cm³/mol. The minimum absolute atomic E-state index is 0.0492. The van der Waals surface area contributed by atoms with Crippen molar-refractivity contribution in [2.75, 3.05) is 13.6 Å². The van der Waals surface area contributed by atoms with Gasteiger partial charge < -0.3 is 15.1 Å². The summed E-state index contributed by atoms with van der Waals surface area (Å²) >= 11 is 0. The largest absolute Gasteiger partial charge is 0.472 e. The highest BCUT2D eigenvalue weighted by Crippen LogP contribution is 2.12. The first kappa shape index (κ1) is 11.9. The van der Waals surface area contributed by atoms with Crippen LogP contribution in [0.2, 0.25) is 0 Å². The fourth-order valence-corrected chi connectivity index (χ4v) is 1.90. The zero-order chi connectivity index (χ0) is 12.1. The van der Waals surface area contributed by atoms with Crippen LogP contribution in [0.3, 0.4) is 0 Å². The van der Waals surface area contributed by atoms with Crippen molar-refractivity contribution in [2.24, 2.45) is 5.73 Å². The molecule has 0 bridgehead atoms. The Labute approximate surface area is 102 Å². The molecule has 0 radical (unpaired) electrons. The van der Waals surface area contributed by atoms with Gasteiger partial charge in [0.1, 0.15) is 0 Å². The summed E-state index contributed by atoms with van der Waals surface area (Å²) in [5.74, 6) is 0. The van der Waals surface area contributed by atoms with E-state index in [0.29, 0.717) is 0 Å². The van der Waals surface area contributed by atoms with Crippen molar-refractivity contribution in [3.8, 4) is 0 Å². The normalized spacial score (nSPS) is 12.9. The Kier molecular flexibility index (Phi) is 3.96. The van der Waals surface area contributed by atoms with E-state index in [0.717, 1.165) is 13.1 Å². The topological polar surface area (TPSA) is 42.4 Å². The van der Waals surface area contributed by atoms with E-state index in [2.05, 4.69) is 24.1 Å². The lowest BCUT2D eigenvalue weighted by Crippen LogP contribution is -2.28. The summed E-state index contributed by atoms with van der Waals surface area (Å²) < 4.78 is 5.05. The molecular weight excluding hydrogens is 212 g/mol. The average Bonchev–Trinajstić information content (AvgIpc) is 2.82. The quantitative estimate of drug-likeness (QED) is 0.857. The maximum atomic E-state index is 6.16. The third kappa shape index (κ3) is 3.44. The van der Waals surface area contributed by atoms with E-state index >= 15 is 0 Å². The first-order valence-electron chi connectivity index (χ1n) is 5.76. The smallest absolute Gasteiger partial charge is 0.0947 e. The Hall–Kier alpha value is -1.58. The van der Waals surface area contributed by atoms with Gasteiger partial charge in [0.15, 0.2) is 0 Å². The molecule has 0 fully saturated rings. The lowest BCUT2D eigenvalue weighted by atomic mass is 10.1. The van der Waals surface area contributed by atoms with E-state index < -0.39 is 0 Å². The molecule has 1 atom stereocenters. The van der Waals surface area contributed by atoms with Crippen LogP contribution in [0, 0.1) is 0 Å². The Balaban J connectivity index is 1.88. The third-order valence-electron chi connectivity index (χ3n) is 2.77. The number of nitrogens with two attached hydrogens (primary N) is 1. The predicted octanol–water partition coefficient (Wildman–Crippen LogP) is 2.41. The summed E-state index contributed by atoms with van der Waals surface area (Å²) in [7, 11) is 2.07. The molecule has 0 aliphatic carbocycles. The van der Waals surface area contributed by atoms with Crippen LogP contribution in [0.15, 0.2) is 53.3 Å². The highest BCUT2D eigenvalue weighted by Gasteiger charge is 2.09. The summed E-state index contributed by atoms with van der Waals surface area (Å²) in [5.41, 5.74) is 8.51. The molecule has 1 aromatic heterocycles. The first-order valence-corrected chi connectivity index (χ1v) is 5.76. The van der Waals surface area contributed by atoms with Crippen molar-refractivity contribution in [1.82, 2.24) is 4.90 Å². The molecule has 0 amide bonds. The van der Waals surface area contributed by atoms with Crippen LogP contribution < -0.4 is 5.73 Å². The van der Waals surface area contributed by atoms with Gasteiger partial charge in [-0.1, -0.05) is 30.3 Å². The summed E-state index contributed by atoms with van der Waals surface area (Å²) in [6.07, 6.45) is 3.46. The summed E-state index contributed by atoms with van der Waals surface area (Å²) in [4.78, 5) is 2.20. The standard InChI is InChI=1S/C14H18N2O/c1-16(9-12-7-8-17-11-12)10-14(15)13-5-3-2-4-6-13/h2-8,11,14H,9-10,15H2,1H3. The van der Waals surface area contributed by atoms with Crippen molar-refractivity contribution in [3.63, 3.8) is 0 Å². The third-order valence-corrected chi connectivity index (χ3v) is 2.77. The van der Waals surface area contributed by atoms with Gasteiger partial charge in [-0.2, -0.15) is 0 Å². The molecule has 90 valence electrons. The van der Waals surface area contributed by atoms with Crippen molar-refractivity contribution in [3.05, 3.63) is 60.1 Å². The molecule has 0 aliphatic rings. The average molecular weight is 230 g/mol. The van der Waals surface area contributed by atoms with E-state index in [1.54, 1.807) is 12.5 Å². The van der Waals surface area contributed by atoms with Gasteiger partial charge in [0, 0.05) is 24.7 Å². The fraction of sp³-hybridized carbons (Fsp3) is 0.286. The highest BCUT2D eigenvalue weighted by atomic mass is 16.3. The van der Waals surface area contributed by atoms with Crippen LogP contribution >= 0.6 is 0 Å². The van der Waals surface area contributed by atoms with Crippen LogP contribution in [0.25, 0.3) is 0 Å². The Morgan fingerprint density at radius 3 is 2.65 bits per heavy atom. The second-order valence-electron chi connectivity index (χ2n) is 4.35. The van der Waals surface area contributed by atoms with Crippen LogP contribution in [-0.2, 0) is 6.54 Å². The molecule has 2 N–H and O–H groups in total. The molecule has 2 rings (SSSR count). The molecule has 2 aromatic rings. The molecule has 0 saturated carbocycles. The molecule has 3 nitrogen and oxygen atoms in total. The number of hydrogen-bond donors (Lipinski definition) is 1. The number of rotatable bonds is 5. The molecule has 0 spiro atoms. The molecule has 1 unspecified atom stereocenters. The lowest BCUT2D eigenvalue weighted by molar-refractivity contribution is 0.304. The van der Waals surface area contributed by atoms with Gasteiger partial charge in [-0.25, -0.2) is 0 Å². The second-order valence-corrected chi connectivity index (χ2v) is 4.35. The second kappa shape index (κ2) is 5.66. The van der Waals surface area contributed by atoms with Crippen LogP contribution in [0.4, 0.5) is 0 Å². The molecular formula is C14H18N2O. The maximum Gasteiger partial charge on any atom is 0.0947 e. The minimum Gasteiger partial charge on any atom is -0.472 e. The number of furan rings is 1. The number of benzene rings is 1. The number of hydrogen-bond acceptors (Lipinski definition) is 3. The van der Waals surface area contributed by atoms with Gasteiger partial charge in [-0.05, 0) is 18.7 Å². The van der Waals surface area contributed by atoms with Crippen molar-refractivity contribution >= 4 is 0 Å². The van der Waals surface area contributed by atoms with Gasteiger partial charge in [0.2, 0.25) is 0 Å². The van der Waals surface area contributed by atoms with Gasteiger partial charge in [-0.15, -0.1) is 0 Å². The monoisotopic (exact) mass is 230 g/mol. The maximum absolute atomic E-state index is 6.16. The Morgan fingerprint density at radius 1 is 1.24 bits per heavy atom. The first-order chi connectivity index (χ1) is 8.25. The Morgan fingerprint density at radius 2 is 2.00 bits per heavy atom. The lowest BCUT2D eigenvalue weighted by Gasteiger charge is -2.20. The zero-order valence-electron chi connectivity index (χ0n) is 10.0. The van der Waals surface area contributed by atoms with Gasteiger partial charge >= 0.3 is 0 Å². The summed E-state index contributed by atoms with van der Waals surface area (Å²) in [6, 6.07) is 12.2. The molecule has 0 saturated heterocycles. The van der Waals surface area contributed by atoms with E-state index in [-0.39, 0.29) is 6.04 Å². The van der Waals surface area contributed by atoms with E-state index in [1.807, 2.05) is 24.3 Å². The molecule has 17 heavy (non-hydrogen) atoms. The SMILES string of the molecule is CN(Cc1ccoc1)CC(N)c1ccccc1. The molecule has 1 aromatic carbocycles. The Bertz CT molecular complexity index is 425. The van der Waals surface area contributed by atoms with Crippen molar-refractivity contribution < 1.29 is 4.42 Å². The van der Waals surface area contributed by atoms with Crippen LogP contribution in [0.5, 0.6) is 0 Å². The molecule has 0 aliphatic heterocycles. The van der Waals surface area contributed by atoms with Gasteiger partial charge in [-0.3, -0.25) is 0 Å². The van der Waals surface area contributed by atoms with Gasteiger partial charge in [0.25, 0.3) is 0 Å².